The predicted molar refractivity (Wildman–Crippen MR) is 98.8 cm³/mol. The van der Waals surface area contributed by atoms with Crippen molar-refractivity contribution in [1.29, 1.82) is 0 Å². The third-order valence-electron chi connectivity index (χ3n) is 4.26. The predicted octanol–water partition coefficient (Wildman–Crippen LogP) is 4.17. The molecular weight excluding hydrogens is 373 g/mol. The fourth-order valence-corrected chi connectivity index (χ4v) is 2.90. The Morgan fingerprint density at radius 3 is 2.39 bits per heavy atom. The molecule has 2 aromatic rings. The fraction of sp³-hybridized carbons (Fsp3) is 0.450. The molecule has 28 heavy (non-hydrogen) atoms. The number of halogens is 3. The van der Waals surface area contributed by atoms with Gasteiger partial charge >= 0.3 is 6.18 Å². The van der Waals surface area contributed by atoms with E-state index in [1.807, 2.05) is 26.0 Å². The molecule has 1 atom stereocenters. The quantitative estimate of drug-likeness (QED) is 0.689. The Hall–Kier alpha value is -2.48. The van der Waals surface area contributed by atoms with Crippen molar-refractivity contribution in [3.8, 4) is 5.75 Å². The number of hydrogen-bond donors (Lipinski definition) is 1. The zero-order valence-electron chi connectivity index (χ0n) is 16.1. The Morgan fingerprint density at radius 2 is 1.89 bits per heavy atom. The number of ether oxygens (including phenoxy) is 1. The lowest BCUT2D eigenvalue weighted by molar-refractivity contribution is -0.162. The number of methoxy groups -OCH3 is 1. The van der Waals surface area contributed by atoms with E-state index in [9.17, 15) is 18.0 Å². The molecule has 0 radical (unpaired) electrons. The lowest BCUT2D eigenvalue weighted by Gasteiger charge is -2.27. The van der Waals surface area contributed by atoms with Crippen LogP contribution in [0.15, 0.2) is 47.1 Å². The maximum atomic E-state index is 12.9. The van der Waals surface area contributed by atoms with E-state index >= 15 is 0 Å². The Labute approximate surface area is 162 Å². The molecule has 2 rings (SSSR count). The first-order chi connectivity index (χ1) is 13.2. The Morgan fingerprint density at radius 1 is 1.21 bits per heavy atom. The summed E-state index contributed by atoms with van der Waals surface area (Å²) >= 11 is 0. The fourth-order valence-electron chi connectivity index (χ4n) is 2.90. The molecule has 0 saturated heterocycles. The second-order valence-electron chi connectivity index (χ2n) is 6.82. The van der Waals surface area contributed by atoms with Crippen LogP contribution in [0.1, 0.15) is 31.2 Å². The largest absolute Gasteiger partial charge is 0.497 e. The first-order valence-corrected chi connectivity index (χ1v) is 8.94. The van der Waals surface area contributed by atoms with Gasteiger partial charge in [-0.1, -0.05) is 26.0 Å². The zero-order chi connectivity index (χ0) is 20.7. The second kappa shape index (κ2) is 9.64. The molecule has 1 aromatic carbocycles. The van der Waals surface area contributed by atoms with E-state index in [0.29, 0.717) is 11.5 Å². The molecule has 1 unspecified atom stereocenters. The molecule has 1 aromatic heterocycles. The summed E-state index contributed by atoms with van der Waals surface area (Å²) in [6, 6.07) is 10.3. The lowest BCUT2D eigenvalue weighted by atomic mass is 9.96. The summed E-state index contributed by atoms with van der Waals surface area (Å²) in [4.78, 5) is 13.3. The van der Waals surface area contributed by atoms with Crippen LogP contribution in [0.2, 0.25) is 0 Å². The van der Waals surface area contributed by atoms with Crippen molar-refractivity contribution in [3.63, 3.8) is 0 Å². The van der Waals surface area contributed by atoms with Gasteiger partial charge in [-0.15, -0.1) is 0 Å². The van der Waals surface area contributed by atoms with Gasteiger partial charge < -0.3 is 19.4 Å². The lowest BCUT2D eigenvalue weighted by Crippen LogP contribution is -2.44. The molecule has 0 aliphatic carbocycles. The van der Waals surface area contributed by atoms with E-state index in [0.717, 1.165) is 10.5 Å². The van der Waals surface area contributed by atoms with Crippen LogP contribution in [0.3, 0.4) is 0 Å². The standard InChI is InChI=1S/C20H25F3N2O3/c1-14(2)19(15-6-8-16(27-3)9-7-15)24-11-18(26)25(13-20(21,22)23)12-17-5-4-10-28-17/h4-10,14,19,24H,11-13H2,1-3H3. The maximum absolute atomic E-state index is 12.9. The molecule has 0 spiro atoms. The van der Waals surface area contributed by atoms with Gasteiger partial charge in [-0.2, -0.15) is 13.2 Å². The maximum Gasteiger partial charge on any atom is 0.406 e. The van der Waals surface area contributed by atoms with Crippen molar-refractivity contribution in [3.05, 3.63) is 54.0 Å². The van der Waals surface area contributed by atoms with Crippen molar-refractivity contribution in [2.24, 2.45) is 5.92 Å². The van der Waals surface area contributed by atoms with Crippen molar-refractivity contribution in [2.75, 3.05) is 20.2 Å². The van der Waals surface area contributed by atoms with Crippen molar-refractivity contribution >= 4 is 5.91 Å². The normalized spacial score (nSPS) is 12.8. The molecule has 0 saturated carbocycles. The number of alkyl halides is 3. The molecule has 1 amide bonds. The van der Waals surface area contributed by atoms with Gasteiger partial charge in [0.15, 0.2) is 0 Å². The van der Waals surface area contributed by atoms with Gasteiger partial charge in [0.2, 0.25) is 5.91 Å². The summed E-state index contributed by atoms with van der Waals surface area (Å²) in [6.07, 6.45) is -3.13. The number of hydrogen-bond acceptors (Lipinski definition) is 4. The van der Waals surface area contributed by atoms with E-state index in [1.165, 1.54) is 6.26 Å². The molecule has 5 nitrogen and oxygen atoms in total. The number of rotatable bonds is 9. The molecule has 154 valence electrons. The summed E-state index contributed by atoms with van der Waals surface area (Å²) in [5.74, 6) is 0.487. The van der Waals surface area contributed by atoms with Crippen molar-refractivity contribution < 1.29 is 27.1 Å². The first kappa shape index (κ1) is 21.8. The molecule has 0 aliphatic heterocycles. The monoisotopic (exact) mass is 398 g/mol. The topological polar surface area (TPSA) is 54.7 Å². The number of furan rings is 1. The minimum Gasteiger partial charge on any atom is -0.497 e. The van der Waals surface area contributed by atoms with Gasteiger partial charge in [-0.05, 0) is 35.7 Å². The number of nitrogens with zero attached hydrogens (tertiary/aromatic N) is 1. The number of amides is 1. The minimum absolute atomic E-state index is 0.127. The summed E-state index contributed by atoms with van der Waals surface area (Å²) < 4.78 is 48.9. The number of benzene rings is 1. The highest BCUT2D eigenvalue weighted by molar-refractivity contribution is 5.78. The van der Waals surface area contributed by atoms with Crippen LogP contribution >= 0.6 is 0 Å². The highest BCUT2D eigenvalue weighted by atomic mass is 19.4. The third-order valence-corrected chi connectivity index (χ3v) is 4.26. The summed E-state index contributed by atoms with van der Waals surface area (Å²) in [5.41, 5.74) is 0.928. The van der Waals surface area contributed by atoms with Gasteiger partial charge in [0.1, 0.15) is 18.1 Å². The Bertz CT molecular complexity index is 728. The van der Waals surface area contributed by atoms with Gasteiger partial charge in [-0.25, -0.2) is 0 Å². The Balaban J connectivity index is 2.06. The highest BCUT2D eigenvalue weighted by Gasteiger charge is 2.33. The molecule has 1 N–H and O–H groups in total. The second-order valence-corrected chi connectivity index (χ2v) is 6.82. The van der Waals surface area contributed by atoms with Crippen LogP contribution in [0.4, 0.5) is 13.2 Å². The highest BCUT2D eigenvalue weighted by Crippen LogP contribution is 2.24. The average molecular weight is 398 g/mol. The molecule has 1 heterocycles. The number of carbonyl (C=O) groups is 1. The van der Waals surface area contributed by atoms with Gasteiger partial charge in [-0.3, -0.25) is 4.79 Å². The molecule has 0 aliphatic rings. The van der Waals surface area contributed by atoms with E-state index in [1.54, 1.807) is 31.4 Å². The SMILES string of the molecule is COc1ccc(C(NCC(=O)N(Cc2ccco2)CC(F)(F)F)C(C)C)cc1. The van der Waals surface area contributed by atoms with Crippen molar-refractivity contribution in [2.45, 2.75) is 32.6 Å². The summed E-state index contributed by atoms with van der Waals surface area (Å²) in [6.45, 7) is 2.17. The van der Waals surface area contributed by atoms with Crippen LogP contribution in [0, 0.1) is 5.92 Å². The van der Waals surface area contributed by atoms with E-state index in [2.05, 4.69) is 5.32 Å². The van der Waals surface area contributed by atoms with Gasteiger partial charge in [0.25, 0.3) is 0 Å². The minimum atomic E-state index is -4.49. The summed E-state index contributed by atoms with van der Waals surface area (Å²) in [7, 11) is 1.57. The zero-order valence-corrected chi connectivity index (χ0v) is 16.1. The van der Waals surface area contributed by atoms with Gasteiger partial charge in [0, 0.05) is 6.04 Å². The van der Waals surface area contributed by atoms with Crippen LogP contribution in [-0.2, 0) is 11.3 Å². The molecule has 0 bridgehead atoms. The van der Waals surface area contributed by atoms with Crippen LogP contribution in [-0.4, -0.2) is 37.2 Å². The van der Waals surface area contributed by atoms with Crippen LogP contribution < -0.4 is 10.1 Å². The smallest absolute Gasteiger partial charge is 0.406 e. The average Bonchev–Trinajstić information content (AvgIpc) is 3.13. The van der Waals surface area contributed by atoms with E-state index in [4.69, 9.17) is 9.15 Å². The first-order valence-electron chi connectivity index (χ1n) is 8.94. The molecule has 8 heteroatoms. The summed E-state index contributed by atoms with van der Waals surface area (Å²) in [5, 5.41) is 3.09. The van der Waals surface area contributed by atoms with E-state index in [-0.39, 0.29) is 25.0 Å². The molecule has 0 fully saturated rings. The van der Waals surface area contributed by atoms with Gasteiger partial charge in [0.05, 0.1) is 26.5 Å². The third kappa shape index (κ3) is 6.60. The number of nitrogens with one attached hydrogen (secondary N) is 1. The van der Waals surface area contributed by atoms with Crippen molar-refractivity contribution in [1.82, 2.24) is 10.2 Å². The van der Waals surface area contributed by atoms with Crippen LogP contribution in [0.25, 0.3) is 0 Å². The van der Waals surface area contributed by atoms with Crippen LogP contribution in [0.5, 0.6) is 5.75 Å². The molecular formula is C20H25F3N2O3. The number of carbonyl (C=O) groups excluding carboxylic acids is 1. The Kier molecular flexibility index (Phi) is 7.51. The van der Waals surface area contributed by atoms with E-state index < -0.39 is 18.6 Å².